The third-order valence-electron chi connectivity index (χ3n) is 2.40. The smallest absolute Gasteiger partial charge is 0.315 e. The summed E-state index contributed by atoms with van der Waals surface area (Å²) in [5.74, 6) is 5.70. The molecule has 14 heavy (non-hydrogen) atoms. The van der Waals surface area contributed by atoms with Crippen molar-refractivity contribution in [3.63, 3.8) is 0 Å². The van der Waals surface area contributed by atoms with E-state index in [1.165, 1.54) is 12.8 Å². The van der Waals surface area contributed by atoms with Crippen LogP contribution in [0.15, 0.2) is 0 Å². The SMILES string of the molecule is CC#CCCNC(=O)NC1CCCC1. The minimum Gasteiger partial charge on any atom is -0.337 e. The zero-order chi connectivity index (χ0) is 10.2. The van der Waals surface area contributed by atoms with Crippen LogP contribution < -0.4 is 10.6 Å². The minimum absolute atomic E-state index is 0.0465. The van der Waals surface area contributed by atoms with Gasteiger partial charge in [0.05, 0.1) is 0 Å². The van der Waals surface area contributed by atoms with Crippen LogP contribution in [0.5, 0.6) is 0 Å². The largest absolute Gasteiger partial charge is 0.337 e. The number of carbonyl (C=O) groups is 1. The maximum Gasteiger partial charge on any atom is 0.315 e. The molecule has 2 N–H and O–H groups in total. The Morgan fingerprint density at radius 1 is 1.43 bits per heavy atom. The van der Waals surface area contributed by atoms with Gasteiger partial charge >= 0.3 is 6.03 Å². The minimum atomic E-state index is -0.0465. The molecule has 78 valence electrons. The molecule has 0 bridgehead atoms. The molecule has 1 rings (SSSR count). The number of rotatable bonds is 3. The fraction of sp³-hybridized carbons (Fsp3) is 0.727. The second-order valence-electron chi connectivity index (χ2n) is 3.56. The number of nitrogens with one attached hydrogen (secondary N) is 2. The van der Waals surface area contributed by atoms with E-state index in [4.69, 9.17) is 0 Å². The summed E-state index contributed by atoms with van der Waals surface area (Å²) in [5.41, 5.74) is 0. The second-order valence-corrected chi connectivity index (χ2v) is 3.56. The van der Waals surface area contributed by atoms with Crippen molar-refractivity contribution < 1.29 is 4.79 Å². The summed E-state index contributed by atoms with van der Waals surface area (Å²) in [4.78, 5) is 11.3. The molecule has 1 saturated carbocycles. The van der Waals surface area contributed by atoms with Crippen molar-refractivity contribution in [3.05, 3.63) is 0 Å². The van der Waals surface area contributed by atoms with E-state index < -0.39 is 0 Å². The third kappa shape index (κ3) is 4.18. The molecule has 0 aliphatic heterocycles. The second kappa shape index (κ2) is 6.31. The number of amides is 2. The molecule has 2 amide bonds. The lowest BCUT2D eigenvalue weighted by atomic mass is 10.2. The van der Waals surface area contributed by atoms with Crippen molar-refractivity contribution in [2.75, 3.05) is 6.54 Å². The van der Waals surface area contributed by atoms with Crippen LogP contribution in [0.25, 0.3) is 0 Å². The standard InChI is InChI=1S/C11H18N2O/c1-2-3-6-9-12-11(14)13-10-7-4-5-8-10/h10H,4-9H2,1H3,(H2,12,13,14). The van der Waals surface area contributed by atoms with Crippen LogP contribution in [-0.2, 0) is 0 Å². The lowest BCUT2D eigenvalue weighted by Crippen LogP contribution is -2.41. The van der Waals surface area contributed by atoms with Crippen molar-refractivity contribution in [1.29, 1.82) is 0 Å². The summed E-state index contributed by atoms with van der Waals surface area (Å²) in [5, 5.41) is 5.75. The molecule has 1 aliphatic carbocycles. The number of urea groups is 1. The topological polar surface area (TPSA) is 41.1 Å². The maximum atomic E-state index is 11.3. The Labute approximate surface area is 85.6 Å². The van der Waals surface area contributed by atoms with E-state index in [-0.39, 0.29) is 6.03 Å². The van der Waals surface area contributed by atoms with Crippen molar-refractivity contribution in [2.45, 2.75) is 45.1 Å². The number of carbonyl (C=O) groups excluding carboxylic acids is 1. The first-order valence-corrected chi connectivity index (χ1v) is 5.27. The molecule has 0 aromatic heterocycles. The van der Waals surface area contributed by atoms with Crippen molar-refractivity contribution >= 4 is 6.03 Å². The molecule has 3 nitrogen and oxygen atoms in total. The average molecular weight is 194 g/mol. The number of hydrogen-bond acceptors (Lipinski definition) is 1. The van der Waals surface area contributed by atoms with Gasteiger partial charge in [-0.1, -0.05) is 12.8 Å². The zero-order valence-corrected chi connectivity index (χ0v) is 8.73. The zero-order valence-electron chi connectivity index (χ0n) is 8.73. The van der Waals surface area contributed by atoms with Crippen molar-refractivity contribution in [3.8, 4) is 11.8 Å². The van der Waals surface area contributed by atoms with Gasteiger partial charge in [-0.15, -0.1) is 11.8 Å². The van der Waals surface area contributed by atoms with Gasteiger partial charge in [0, 0.05) is 19.0 Å². The maximum absolute atomic E-state index is 11.3. The molecule has 1 fully saturated rings. The average Bonchev–Trinajstić information content (AvgIpc) is 2.65. The van der Waals surface area contributed by atoms with Crippen LogP contribution in [0.3, 0.4) is 0 Å². The molecule has 3 heteroatoms. The van der Waals surface area contributed by atoms with Gasteiger partial charge in [-0.2, -0.15) is 0 Å². The van der Waals surface area contributed by atoms with E-state index in [1.807, 2.05) is 0 Å². The van der Waals surface area contributed by atoms with E-state index in [0.717, 1.165) is 19.3 Å². The summed E-state index contributed by atoms with van der Waals surface area (Å²) in [6.07, 6.45) is 5.47. The molecule has 0 unspecified atom stereocenters. The van der Waals surface area contributed by atoms with Crippen molar-refractivity contribution in [2.24, 2.45) is 0 Å². The molecule has 1 aliphatic rings. The predicted octanol–water partition coefficient (Wildman–Crippen LogP) is 1.64. The van der Waals surface area contributed by atoms with Crippen LogP contribution in [0.2, 0.25) is 0 Å². The molecule has 0 spiro atoms. The van der Waals surface area contributed by atoms with Gasteiger partial charge in [0.1, 0.15) is 0 Å². The lowest BCUT2D eigenvalue weighted by molar-refractivity contribution is 0.237. The molecular formula is C11H18N2O. The fourth-order valence-electron chi connectivity index (χ4n) is 1.67. The highest BCUT2D eigenvalue weighted by Gasteiger charge is 2.16. The van der Waals surface area contributed by atoms with E-state index in [2.05, 4.69) is 22.5 Å². The van der Waals surface area contributed by atoms with E-state index >= 15 is 0 Å². The highest BCUT2D eigenvalue weighted by atomic mass is 16.2. The summed E-state index contributed by atoms with van der Waals surface area (Å²) >= 11 is 0. The van der Waals surface area contributed by atoms with Crippen LogP contribution >= 0.6 is 0 Å². The Hall–Kier alpha value is -1.17. The van der Waals surface area contributed by atoms with Gasteiger partial charge in [-0.3, -0.25) is 0 Å². The summed E-state index contributed by atoms with van der Waals surface area (Å²) in [6.45, 7) is 2.44. The normalized spacial score (nSPS) is 15.8. The summed E-state index contributed by atoms with van der Waals surface area (Å²) < 4.78 is 0. The summed E-state index contributed by atoms with van der Waals surface area (Å²) in [7, 11) is 0. The molecule has 0 heterocycles. The first-order chi connectivity index (χ1) is 6.83. The Kier molecular flexibility index (Phi) is 4.92. The van der Waals surface area contributed by atoms with E-state index in [1.54, 1.807) is 6.92 Å². The first-order valence-electron chi connectivity index (χ1n) is 5.27. The van der Waals surface area contributed by atoms with Crippen LogP contribution in [0.1, 0.15) is 39.0 Å². The highest BCUT2D eigenvalue weighted by Crippen LogP contribution is 2.17. The van der Waals surface area contributed by atoms with Gasteiger partial charge in [0.15, 0.2) is 0 Å². The predicted molar refractivity (Wildman–Crippen MR) is 56.9 cm³/mol. The van der Waals surface area contributed by atoms with Gasteiger partial charge < -0.3 is 10.6 Å². The molecule has 0 radical (unpaired) electrons. The van der Waals surface area contributed by atoms with E-state index in [0.29, 0.717) is 12.6 Å². The monoisotopic (exact) mass is 194 g/mol. The van der Waals surface area contributed by atoms with Crippen LogP contribution in [0.4, 0.5) is 4.79 Å². The Morgan fingerprint density at radius 2 is 2.14 bits per heavy atom. The van der Waals surface area contributed by atoms with Crippen LogP contribution in [-0.4, -0.2) is 18.6 Å². The third-order valence-corrected chi connectivity index (χ3v) is 2.40. The Balaban J connectivity index is 2.05. The van der Waals surface area contributed by atoms with Gasteiger partial charge in [0.2, 0.25) is 0 Å². The Morgan fingerprint density at radius 3 is 2.79 bits per heavy atom. The first kappa shape index (κ1) is 10.9. The van der Waals surface area contributed by atoms with Crippen molar-refractivity contribution in [1.82, 2.24) is 10.6 Å². The molecular weight excluding hydrogens is 176 g/mol. The van der Waals surface area contributed by atoms with E-state index in [9.17, 15) is 4.79 Å². The fourth-order valence-corrected chi connectivity index (χ4v) is 1.67. The molecule has 0 aromatic rings. The van der Waals surface area contributed by atoms with Gasteiger partial charge in [0.25, 0.3) is 0 Å². The number of hydrogen-bond donors (Lipinski definition) is 2. The molecule has 0 saturated heterocycles. The quantitative estimate of drug-likeness (QED) is 0.520. The lowest BCUT2D eigenvalue weighted by Gasteiger charge is -2.11. The van der Waals surface area contributed by atoms with Gasteiger partial charge in [-0.05, 0) is 19.8 Å². The molecule has 0 aromatic carbocycles. The Bertz CT molecular complexity index is 233. The van der Waals surface area contributed by atoms with Crippen LogP contribution in [0, 0.1) is 11.8 Å². The highest BCUT2D eigenvalue weighted by molar-refractivity contribution is 5.74. The van der Waals surface area contributed by atoms with Gasteiger partial charge in [-0.25, -0.2) is 4.79 Å². The summed E-state index contributed by atoms with van der Waals surface area (Å²) in [6, 6.07) is 0.349. The molecule has 0 atom stereocenters.